The third kappa shape index (κ3) is 7.05. The van der Waals surface area contributed by atoms with Gasteiger partial charge in [0, 0.05) is 26.2 Å². The summed E-state index contributed by atoms with van der Waals surface area (Å²) in [5.41, 5.74) is 5.75. The second-order valence-electron chi connectivity index (χ2n) is 10.5. The van der Waals surface area contributed by atoms with Crippen LogP contribution in [0, 0.1) is 28.9 Å². The minimum absolute atomic E-state index is 0.129. The minimum Gasteiger partial charge on any atom is -0.396 e. The van der Waals surface area contributed by atoms with E-state index in [0.717, 1.165) is 43.4 Å². The van der Waals surface area contributed by atoms with Crippen LogP contribution < -0.4 is 10.6 Å². The van der Waals surface area contributed by atoms with E-state index in [1.807, 2.05) is 6.07 Å². The molecule has 1 aliphatic rings. The number of hydrogen-bond acceptors (Lipinski definition) is 8. The van der Waals surface area contributed by atoms with Gasteiger partial charge in [-0.2, -0.15) is 4.98 Å². The SMILES string of the molecule is Cc1c(CNc2ncc([N+](=O)[O-])c(NCC3CCC(CO)CC3)n2)cccc1-c1ccc(CN(C)C)cc1. The molecule has 1 aromatic heterocycles. The largest absolute Gasteiger partial charge is 0.396 e. The van der Waals surface area contributed by atoms with Gasteiger partial charge in [-0.1, -0.05) is 42.5 Å². The molecule has 3 aromatic rings. The first-order valence-corrected chi connectivity index (χ1v) is 13.3. The molecule has 0 amide bonds. The summed E-state index contributed by atoms with van der Waals surface area (Å²) < 4.78 is 0. The lowest BCUT2D eigenvalue weighted by Gasteiger charge is -2.27. The lowest BCUT2D eigenvalue weighted by atomic mass is 9.82. The third-order valence-electron chi connectivity index (χ3n) is 7.40. The number of rotatable bonds is 11. The second-order valence-corrected chi connectivity index (χ2v) is 10.5. The van der Waals surface area contributed by atoms with Gasteiger partial charge in [-0.25, -0.2) is 4.98 Å². The van der Waals surface area contributed by atoms with Gasteiger partial charge in [-0.3, -0.25) is 10.1 Å². The van der Waals surface area contributed by atoms with Crippen LogP contribution in [-0.2, 0) is 13.1 Å². The molecule has 9 nitrogen and oxygen atoms in total. The van der Waals surface area contributed by atoms with Crippen LogP contribution in [0.4, 0.5) is 17.5 Å². The van der Waals surface area contributed by atoms with E-state index in [-0.39, 0.29) is 18.1 Å². The van der Waals surface area contributed by atoms with E-state index in [2.05, 4.69) is 82.9 Å². The topological polar surface area (TPSA) is 116 Å². The summed E-state index contributed by atoms with van der Waals surface area (Å²) in [5, 5.41) is 27.4. The fourth-order valence-corrected chi connectivity index (χ4v) is 5.10. The zero-order valence-corrected chi connectivity index (χ0v) is 22.5. The maximum absolute atomic E-state index is 11.6. The molecule has 1 fully saturated rings. The molecular formula is C29H38N6O3. The second kappa shape index (κ2) is 12.8. The van der Waals surface area contributed by atoms with Crippen LogP contribution in [0.15, 0.2) is 48.7 Å². The average molecular weight is 519 g/mol. The molecular weight excluding hydrogens is 480 g/mol. The maximum atomic E-state index is 11.6. The monoisotopic (exact) mass is 518 g/mol. The van der Waals surface area contributed by atoms with Crippen LogP contribution in [0.1, 0.15) is 42.4 Å². The Labute approximate surface area is 224 Å². The summed E-state index contributed by atoms with van der Waals surface area (Å²) in [6, 6.07) is 14.9. The average Bonchev–Trinajstić information content (AvgIpc) is 2.92. The summed E-state index contributed by atoms with van der Waals surface area (Å²) in [7, 11) is 4.12. The number of nitrogens with one attached hydrogen (secondary N) is 2. The molecule has 0 aliphatic heterocycles. The third-order valence-corrected chi connectivity index (χ3v) is 7.40. The van der Waals surface area contributed by atoms with Gasteiger partial charge in [0.05, 0.1) is 4.92 Å². The van der Waals surface area contributed by atoms with Crippen molar-refractivity contribution in [1.82, 2.24) is 14.9 Å². The van der Waals surface area contributed by atoms with Crippen LogP contribution >= 0.6 is 0 Å². The van der Waals surface area contributed by atoms with Gasteiger partial charge in [0.25, 0.3) is 0 Å². The smallest absolute Gasteiger partial charge is 0.329 e. The molecule has 1 saturated carbocycles. The van der Waals surface area contributed by atoms with Gasteiger partial charge in [0.15, 0.2) is 0 Å². The lowest BCUT2D eigenvalue weighted by Crippen LogP contribution is -2.23. The standard InChI is InChI=1S/C29H38N6O3/c1-20-25(5-4-6-26(20)24-13-11-22(12-14-24)18-34(2)3)16-31-29-32-17-27(35(37)38)28(33-29)30-15-21-7-9-23(19-36)10-8-21/h4-6,11-14,17,21,23,36H,7-10,15-16,18-19H2,1-3H3,(H2,30,31,32,33). The molecule has 0 saturated heterocycles. The van der Waals surface area contributed by atoms with E-state index >= 15 is 0 Å². The Hall–Kier alpha value is -3.56. The predicted molar refractivity (Wildman–Crippen MR) is 151 cm³/mol. The molecule has 0 bridgehead atoms. The van der Waals surface area contributed by atoms with Gasteiger partial charge in [-0.05, 0) is 86.4 Å². The van der Waals surface area contributed by atoms with E-state index in [0.29, 0.717) is 30.9 Å². The summed E-state index contributed by atoms with van der Waals surface area (Å²) >= 11 is 0. The van der Waals surface area contributed by atoms with Crippen molar-refractivity contribution in [2.75, 3.05) is 37.9 Å². The molecule has 0 unspecified atom stereocenters. The molecule has 9 heteroatoms. The van der Waals surface area contributed by atoms with Crippen molar-refractivity contribution in [3.05, 3.63) is 75.5 Å². The van der Waals surface area contributed by atoms with Crippen molar-refractivity contribution in [2.45, 2.75) is 45.7 Å². The van der Waals surface area contributed by atoms with Crippen molar-refractivity contribution in [2.24, 2.45) is 11.8 Å². The Morgan fingerprint density at radius 3 is 2.42 bits per heavy atom. The number of aliphatic hydroxyl groups excluding tert-OH is 1. The maximum Gasteiger partial charge on any atom is 0.329 e. The summed E-state index contributed by atoms with van der Waals surface area (Å²) in [6.45, 7) is 4.36. The molecule has 0 radical (unpaired) electrons. The highest BCUT2D eigenvalue weighted by atomic mass is 16.6. The molecule has 2 aromatic carbocycles. The number of anilines is 2. The highest BCUT2D eigenvalue weighted by Crippen LogP contribution is 2.30. The number of benzene rings is 2. The quantitative estimate of drug-likeness (QED) is 0.233. The van der Waals surface area contributed by atoms with Gasteiger partial charge in [0.1, 0.15) is 6.20 Å². The Morgan fingerprint density at radius 2 is 1.76 bits per heavy atom. The van der Waals surface area contributed by atoms with Crippen molar-refractivity contribution in [3.8, 4) is 11.1 Å². The van der Waals surface area contributed by atoms with Crippen molar-refractivity contribution >= 4 is 17.5 Å². The fourth-order valence-electron chi connectivity index (χ4n) is 5.10. The van der Waals surface area contributed by atoms with Crippen LogP contribution in [0.5, 0.6) is 0 Å². The molecule has 202 valence electrons. The zero-order chi connectivity index (χ0) is 27.1. The Kier molecular flexibility index (Phi) is 9.25. The summed E-state index contributed by atoms with van der Waals surface area (Å²) in [4.78, 5) is 21.9. The number of hydrogen-bond donors (Lipinski definition) is 3. The van der Waals surface area contributed by atoms with Crippen LogP contribution in [0.2, 0.25) is 0 Å². The number of aliphatic hydroxyl groups is 1. The van der Waals surface area contributed by atoms with Crippen LogP contribution in [0.3, 0.4) is 0 Å². The first-order chi connectivity index (χ1) is 18.3. The van der Waals surface area contributed by atoms with E-state index in [1.165, 1.54) is 22.9 Å². The van der Waals surface area contributed by atoms with Gasteiger partial charge < -0.3 is 20.6 Å². The van der Waals surface area contributed by atoms with Crippen molar-refractivity contribution in [3.63, 3.8) is 0 Å². The molecule has 38 heavy (non-hydrogen) atoms. The highest BCUT2D eigenvalue weighted by Gasteiger charge is 2.23. The first-order valence-electron chi connectivity index (χ1n) is 13.3. The minimum atomic E-state index is -0.452. The summed E-state index contributed by atoms with van der Waals surface area (Å²) in [6.07, 6.45) is 5.23. The number of nitrogens with zero attached hydrogens (tertiary/aromatic N) is 4. The Balaban J connectivity index is 1.43. The number of aromatic nitrogens is 2. The van der Waals surface area contributed by atoms with Gasteiger partial charge in [-0.15, -0.1) is 0 Å². The van der Waals surface area contributed by atoms with Crippen LogP contribution in [-0.4, -0.2) is 52.1 Å². The summed E-state index contributed by atoms with van der Waals surface area (Å²) in [5.74, 6) is 1.37. The zero-order valence-electron chi connectivity index (χ0n) is 22.5. The molecule has 3 N–H and O–H groups in total. The Bertz CT molecular complexity index is 1220. The normalized spacial score (nSPS) is 17.4. The predicted octanol–water partition coefficient (Wildman–Crippen LogP) is 5.24. The van der Waals surface area contributed by atoms with Crippen molar-refractivity contribution < 1.29 is 10.0 Å². The molecule has 4 rings (SSSR count). The van der Waals surface area contributed by atoms with E-state index in [4.69, 9.17) is 0 Å². The Morgan fingerprint density at radius 1 is 1.05 bits per heavy atom. The molecule has 0 spiro atoms. The van der Waals surface area contributed by atoms with Gasteiger partial charge in [0.2, 0.25) is 11.8 Å². The molecule has 1 heterocycles. The highest BCUT2D eigenvalue weighted by molar-refractivity contribution is 5.69. The van der Waals surface area contributed by atoms with Gasteiger partial charge >= 0.3 is 5.69 Å². The fraction of sp³-hybridized carbons (Fsp3) is 0.448. The molecule has 1 aliphatic carbocycles. The van der Waals surface area contributed by atoms with Crippen molar-refractivity contribution in [1.29, 1.82) is 0 Å². The number of nitro groups is 1. The van der Waals surface area contributed by atoms with E-state index < -0.39 is 4.92 Å². The lowest BCUT2D eigenvalue weighted by molar-refractivity contribution is -0.384. The van der Waals surface area contributed by atoms with E-state index in [9.17, 15) is 15.2 Å². The molecule has 0 atom stereocenters. The van der Waals surface area contributed by atoms with Crippen LogP contribution in [0.25, 0.3) is 11.1 Å². The first kappa shape index (κ1) is 27.5. The van der Waals surface area contributed by atoms with E-state index in [1.54, 1.807) is 0 Å².